The van der Waals surface area contributed by atoms with Gasteiger partial charge >= 0.3 is 0 Å². The highest BCUT2D eigenvalue weighted by Crippen LogP contribution is 2.39. The summed E-state index contributed by atoms with van der Waals surface area (Å²) in [5.74, 6) is 0.356. The second-order valence-electron chi connectivity index (χ2n) is 6.84. The molecule has 0 spiro atoms. The molecule has 0 bridgehead atoms. The second-order valence-corrected chi connectivity index (χ2v) is 8.77. The molecule has 0 saturated carbocycles. The number of likely N-dealkylation sites (tertiary alicyclic amines) is 1. The lowest BCUT2D eigenvalue weighted by Crippen LogP contribution is -2.23. The molecule has 136 valence electrons. The van der Waals surface area contributed by atoms with Gasteiger partial charge in [-0.1, -0.05) is 0 Å². The number of hydrogen-bond acceptors (Lipinski definition) is 7. The number of carbonyl (C=O) groups is 1. The van der Waals surface area contributed by atoms with Gasteiger partial charge in [-0.25, -0.2) is 9.97 Å². The molecule has 1 amide bonds. The first-order chi connectivity index (χ1) is 12.5. The molecule has 1 aliphatic rings. The van der Waals surface area contributed by atoms with Crippen LogP contribution in [0, 0.1) is 6.92 Å². The van der Waals surface area contributed by atoms with Crippen LogP contribution in [0.25, 0.3) is 10.3 Å². The van der Waals surface area contributed by atoms with Gasteiger partial charge in [0, 0.05) is 55.9 Å². The van der Waals surface area contributed by atoms with Gasteiger partial charge in [0.1, 0.15) is 10.3 Å². The van der Waals surface area contributed by atoms with Crippen molar-refractivity contribution in [2.45, 2.75) is 25.8 Å². The Hall–Kier alpha value is -1.90. The standard InChI is InChI=1S/C18H21N5OS2/c1-11-13(25-10-21-11)9-23-7-4-12(8-23)14-15-17(20-6-5-19-15)26-16(14)18(24)22(2)3/h5-6,10,12H,4,7-9H2,1-3H3. The molecule has 3 aromatic rings. The molecular weight excluding hydrogens is 366 g/mol. The van der Waals surface area contributed by atoms with Gasteiger partial charge in [-0.15, -0.1) is 22.7 Å². The molecule has 1 atom stereocenters. The summed E-state index contributed by atoms with van der Waals surface area (Å²) in [4.78, 5) is 33.1. The zero-order valence-electron chi connectivity index (χ0n) is 15.1. The van der Waals surface area contributed by atoms with Crippen LogP contribution in [0.2, 0.25) is 0 Å². The third-order valence-electron chi connectivity index (χ3n) is 4.86. The van der Waals surface area contributed by atoms with E-state index in [0.717, 1.165) is 52.5 Å². The molecule has 0 aromatic carbocycles. The summed E-state index contributed by atoms with van der Waals surface area (Å²) in [6, 6.07) is 0. The molecule has 1 unspecified atom stereocenters. The van der Waals surface area contributed by atoms with E-state index in [2.05, 4.69) is 26.8 Å². The molecule has 1 fully saturated rings. The monoisotopic (exact) mass is 387 g/mol. The van der Waals surface area contributed by atoms with Crippen LogP contribution in [0.5, 0.6) is 0 Å². The van der Waals surface area contributed by atoms with E-state index in [1.54, 1.807) is 42.7 Å². The van der Waals surface area contributed by atoms with Crippen molar-refractivity contribution < 1.29 is 4.79 Å². The average molecular weight is 388 g/mol. The average Bonchev–Trinajstić information content (AvgIpc) is 3.33. The molecule has 4 rings (SSSR count). The number of aromatic nitrogens is 3. The van der Waals surface area contributed by atoms with Crippen LogP contribution in [0.15, 0.2) is 17.9 Å². The summed E-state index contributed by atoms with van der Waals surface area (Å²) < 4.78 is 0. The van der Waals surface area contributed by atoms with Gasteiger partial charge in [-0.2, -0.15) is 0 Å². The van der Waals surface area contributed by atoms with Crippen molar-refractivity contribution in [2.24, 2.45) is 0 Å². The Morgan fingerprint density at radius 1 is 1.31 bits per heavy atom. The van der Waals surface area contributed by atoms with E-state index in [9.17, 15) is 4.79 Å². The number of rotatable bonds is 4. The van der Waals surface area contributed by atoms with E-state index in [1.807, 2.05) is 5.51 Å². The number of thiazole rings is 1. The van der Waals surface area contributed by atoms with Gasteiger partial charge in [-0.05, 0) is 19.9 Å². The Kier molecular flexibility index (Phi) is 4.73. The number of aryl methyl sites for hydroxylation is 1. The van der Waals surface area contributed by atoms with Gasteiger partial charge < -0.3 is 4.90 Å². The minimum atomic E-state index is 0.0431. The van der Waals surface area contributed by atoms with E-state index in [0.29, 0.717) is 5.92 Å². The molecule has 0 N–H and O–H groups in total. The van der Waals surface area contributed by atoms with Crippen molar-refractivity contribution in [1.82, 2.24) is 24.8 Å². The van der Waals surface area contributed by atoms with E-state index in [4.69, 9.17) is 0 Å². The van der Waals surface area contributed by atoms with Crippen LogP contribution in [-0.4, -0.2) is 57.8 Å². The maximum atomic E-state index is 12.7. The largest absolute Gasteiger partial charge is 0.344 e. The molecule has 6 nitrogen and oxygen atoms in total. The van der Waals surface area contributed by atoms with Gasteiger partial charge in [0.15, 0.2) is 0 Å². The molecule has 1 aliphatic heterocycles. The zero-order valence-corrected chi connectivity index (χ0v) is 16.7. The van der Waals surface area contributed by atoms with Crippen molar-refractivity contribution in [3.63, 3.8) is 0 Å². The van der Waals surface area contributed by atoms with Crippen LogP contribution >= 0.6 is 22.7 Å². The highest BCUT2D eigenvalue weighted by Gasteiger charge is 2.32. The maximum Gasteiger partial charge on any atom is 0.263 e. The van der Waals surface area contributed by atoms with Gasteiger partial charge in [-0.3, -0.25) is 14.7 Å². The van der Waals surface area contributed by atoms with E-state index < -0.39 is 0 Å². The fraction of sp³-hybridized carbons (Fsp3) is 0.444. The van der Waals surface area contributed by atoms with Crippen LogP contribution in [-0.2, 0) is 6.54 Å². The molecule has 3 aromatic heterocycles. The van der Waals surface area contributed by atoms with Crippen molar-refractivity contribution in [2.75, 3.05) is 27.2 Å². The number of carbonyl (C=O) groups excluding carboxylic acids is 1. The third kappa shape index (κ3) is 3.13. The lowest BCUT2D eigenvalue weighted by atomic mass is 9.97. The van der Waals surface area contributed by atoms with Crippen molar-refractivity contribution >= 4 is 38.9 Å². The molecule has 1 saturated heterocycles. The topological polar surface area (TPSA) is 62.2 Å². The fourth-order valence-corrected chi connectivity index (χ4v) is 5.51. The summed E-state index contributed by atoms with van der Waals surface area (Å²) in [7, 11) is 3.59. The number of amides is 1. The quantitative estimate of drug-likeness (QED) is 0.688. The molecule has 26 heavy (non-hydrogen) atoms. The Bertz CT molecular complexity index is 948. The van der Waals surface area contributed by atoms with E-state index in [1.165, 1.54) is 16.2 Å². The summed E-state index contributed by atoms with van der Waals surface area (Å²) in [6.07, 6.45) is 4.45. The molecule has 4 heterocycles. The molecule has 0 aliphatic carbocycles. The van der Waals surface area contributed by atoms with Gasteiger partial charge in [0.2, 0.25) is 0 Å². The first kappa shape index (κ1) is 17.5. The van der Waals surface area contributed by atoms with Crippen LogP contribution in [0.4, 0.5) is 0 Å². The molecule has 0 radical (unpaired) electrons. The highest BCUT2D eigenvalue weighted by molar-refractivity contribution is 7.20. The number of nitrogens with zero attached hydrogens (tertiary/aromatic N) is 5. The predicted octanol–water partition coefficient (Wildman–Crippen LogP) is 3.15. The smallest absolute Gasteiger partial charge is 0.263 e. The fourth-order valence-electron chi connectivity index (χ4n) is 3.48. The van der Waals surface area contributed by atoms with Gasteiger partial charge in [0.25, 0.3) is 5.91 Å². The third-order valence-corrected chi connectivity index (χ3v) is 6.87. The molecular formula is C18H21N5OS2. The summed E-state index contributed by atoms with van der Waals surface area (Å²) in [5.41, 5.74) is 5.01. The second kappa shape index (κ2) is 7.02. The Morgan fingerprint density at radius 2 is 2.12 bits per heavy atom. The SMILES string of the molecule is Cc1ncsc1CN1CCC(c2c(C(=O)N(C)C)sc3nccnc23)C1. The van der Waals surface area contributed by atoms with E-state index in [-0.39, 0.29) is 5.91 Å². The summed E-state index contributed by atoms with van der Waals surface area (Å²) >= 11 is 3.18. The van der Waals surface area contributed by atoms with Crippen molar-refractivity contribution in [3.8, 4) is 0 Å². The number of fused-ring (bicyclic) bond motifs is 1. The Labute approximate surface area is 160 Å². The summed E-state index contributed by atoms with van der Waals surface area (Å²) in [6.45, 7) is 4.95. The van der Waals surface area contributed by atoms with Crippen molar-refractivity contribution in [3.05, 3.63) is 38.9 Å². The maximum absolute atomic E-state index is 12.7. The Morgan fingerprint density at radius 3 is 2.85 bits per heavy atom. The van der Waals surface area contributed by atoms with Gasteiger partial charge in [0.05, 0.1) is 16.1 Å². The van der Waals surface area contributed by atoms with Crippen LogP contribution in [0.1, 0.15) is 38.1 Å². The normalized spacial score (nSPS) is 17.9. The van der Waals surface area contributed by atoms with Crippen molar-refractivity contribution in [1.29, 1.82) is 0 Å². The predicted molar refractivity (Wildman–Crippen MR) is 105 cm³/mol. The lowest BCUT2D eigenvalue weighted by Gasteiger charge is -2.17. The minimum absolute atomic E-state index is 0.0431. The lowest BCUT2D eigenvalue weighted by molar-refractivity contribution is 0.0831. The van der Waals surface area contributed by atoms with Crippen LogP contribution < -0.4 is 0 Å². The van der Waals surface area contributed by atoms with Crippen LogP contribution in [0.3, 0.4) is 0 Å². The minimum Gasteiger partial charge on any atom is -0.344 e. The number of hydrogen-bond donors (Lipinski definition) is 0. The Balaban J connectivity index is 1.65. The summed E-state index contributed by atoms with van der Waals surface area (Å²) in [5, 5.41) is 0. The number of thiophene rings is 1. The zero-order chi connectivity index (χ0) is 18.3. The first-order valence-corrected chi connectivity index (χ1v) is 10.3. The first-order valence-electron chi connectivity index (χ1n) is 8.61. The van der Waals surface area contributed by atoms with E-state index >= 15 is 0 Å². The molecule has 8 heteroatoms. The highest BCUT2D eigenvalue weighted by atomic mass is 32.1.